The number of halogens is 1. The van der Waals surface area contributed by atoms with E-state index in [1.54, 1.807) is 48.5 Å². The van der Waals surface area contributed by atoms with Gasteiger partial charge in [0.2, 0.25) is 0 Å². The average Bonchev–Trinajstić information content (AvgIpc) is 2.33. The van der Waals surface area contributed by atoms with E-state index >= 15 is 0 Å². The molecule has 0 atom stereocenters. The second-order valence-corrected chi connectivity index (χ2v) is 4.46. The van der Waals surface area contributed by atoms with Crippen molar-refractivity contribution in [1.29, 1.82) is 0 Å². The number of hydrogen-bond donors (Lipinski definition) is 2. The SMILES string of the molecule is O=C(Nc1ccc(Cl)cc1)c1ccc(S)cc1. The molecule has 0 bridgehead atoms. The first-order chi connectivity index (χ1) is 8.15. The van der Waals surface area contributed by atoms with Gasteiger partial charge in [0, 0.05) is 21.2 Å². The van der Waals surface area contributed by atoms with Crippen LogP contribution in [0.25, 0.3) is 0 Å². The highest BCUT2D eigenvalue weighted by Crippen LogP contribution is 2.15. The van der Waals surface area contributed by atoms with Gasteiger partial charge >= 0.3 is 0 Å². The molecule has 2 aromatic carbocycles. The van der Waals surface area contributed by atoms with Crippen LogP contribution in [-0.2, 0) is 0 Å². The smallest absolute Gasteiger partial charge is 0.255 e. The van der Waals surface area contributed by atoms with Crippen molar-refractivity contribution in [3.05, 3.63) is 59.1 Å². The maximum Gasteiger partial charge on any atom is 0.255 e. The van der Waals surface area contributed by atoms with E-state index in [1.165, 1.54) is 0 Å². The van der Waals surface area contributed by atoms with Crippen molar-refractivity contribution < 1.29 is 4.79 Å². The maximum atomic E-state index is 11.8. The highest BCUT2D eigenvalue weighted by Gasteiger charge is 2.05. The monoisotopic (exact) mass is 263 g/mol. The number of nitrogens with one attached hydrogen (secondary N) is 1. The number of rotatable bonds is 2. The lowest BCUT2D eigenvalue weighted by molar-refractivity contribution is 0.102. The minimum Gasteiger partial charge on any atom is -0.322 e. The second kappa shape index (κ2) is 5.25. The van der Waals surface area contributed by atoms with Gasteiger partial charge in [0.15, 0.2) is 0 Å². The molecule has 1 amide bonds. The van der Waals surface area contributed by atoms with E-state index in [9.17, 15) is 4.79 Å². The first-order valence-electron chi connectivity index (χ1n) is 5.01. The van der Waals surface area contributed by atoms with Crippen molar-refractivity contribution in [2.45, 2.75) is 4.90 Å². The van der Waals surface area contributed by atoms with Crippen molar-refractivity contribution in [3.63, 3.8) is 0 Å². The van der Waals surface area contributed by atoms with Gasteiger partial charge in [-0.3, -0.25) is 4.79 Å². The Bertz CT molecular complexity index is 522. The Morgan fingerprint density at radius 2 is 1.59 bits per heavy atom. The molecular weight excluding hydrogens is 254 g/mol. The van der Waals surface area contributed by atoms with Gasteiger partial charge in [-0.15, -0.1) is 12.6 Å². The van der Waals surface area contributed by atoms with Gasteiger partial charge in [0.25, 0.3) is 5.91 Å². The molecular formula is C13H10ClNOS. The Kier molecular flexibility index (Phi) is 3.71. The van der Waals surface area contributed by atoms with Crippen LogP contribution in [0.5, 0.6) is 0 Å². The third-order valence-electron chi connectivity index (χ3n) is 2.23. The molecule has 86 valence electrons. The van der Waals surface area contributed by atoms with Crippen LogP contribution >= 0.6 is 24.2 Å². The Morgan fingerprint density at radius 1 is 1.00 bits per heavy atom. The van der Waals surface area contributed by atoms with E-state index in [4.69, 9.17) is 11.6 Å². The standard InChI is InChI=1S/C13H10ClNOS/c14-10-3-5-11(6-4-10)15-13(16)9-1-7-12(17)8-2-9/h1-8,17H,(H,15,16). The summed E-state index contributed by atoms with van der Waals surface area (Å²) in [6, 6.07) is 14.0. The van der Waals surface area contributed by atoms with Crippen molar-refractivity contribution in [3.8, 4) is 0 Å². The van der Waals surface area contributed by atoms with E-state index in [2.05, 4.69) is 17.9 Å². The second-order valence-electron chi connectivity index (χ2n) is 3.51. The number of benzene rings is 2. The minimum atomic E-state index is -0.152. The predicted octanol–water partition coefficient (Wildman–Crippen LogP) is 3.88. The number of thiol groups is 1. The topological polar surface area (TPSA) is 29.1 Å². The van der Waals surface area contributed by atoms with E-state index in [0.717, 1.165) is 4.90 Å². The Labute approximate surface area is 110 Å². The van der Waals surface area contributed by atoms with Gasteiger partial charge in [0.1, 0.15) is 0 Å². The van der Waals surface area contributed by atoms with Gasteiger partial charge in [-0.05, 0) is 48.5 Å². The van der Waals surface area contributed by atoms with Crippen molar-refractivity contribution in [1.82, 2.24) is 0 Å². The fourth-order valence-corrected chi connectivity index (χ4v) is 1.62. The zero-order valence-electron chi connectivity index (χ0n) is 8.85. The third kappa shape index (κ3) is 3.25. The normalized spacial score (nSPS) is 10.0. The summed E-state index contributed by atoms with van der Waals surface area (Å²) in [5.74, 6) is -0.152. The van der Waals surface area contributed by atoms with Crippen LogP contribution in [0.15, 0.2) is 53.4 Å². The number of anilines is 1. The zero-order chi connectivity index (χ0) is 12.3. The number of hydrogen-bond acceptors (Lipinski definition) is 2. The molecule has 0 aliphatic rings. The summed E-state index contributed by atoms with van der Waals surface area (Å²) < 4.78 is 0. The van der Waals surface area contributed by atoms with Crippen LogP contribution in [-0.4, -0.2) is 5.91 Å². The molecule has 0 aromatic heterocycles. The number of carbonyl (C=O) groups is 1. The summed E-state index contributed by atoms with van der Waals surface area (Å²) >= 11 is 9.93. The minimum absolute atomic E-state index is 0.152. The van der Waals surface area contributed by atoms with Gasteiger partial charge < -0.3 is 5.32 Å². The van der Waals surface area contributed by atoms with Crippen LogP contribution in [0.3, 0.4) is 0 Å². The van der Waals surface area contributed by atoms with Gasteiger partial charge in [-0.2, -0.15) is 0 Å². The number of carbonyl (C=O) groups excluding carboxylic acids is 1. The predicted molar refractivity (Wildman–Crippen MR) is 73.1 cm³/mol. The van der Waals surface area contributed by atoms with E-state index in [-0.39, 0.29) is 5.91 Å². The van der Waals surface area contributed by atoms with Crippen LogP contribution in [0.4, 0.5) is 5.69 Å². The fraction of sp³-hybridized carbons (Fsp3) is 0. The van der Waals surface area contributed by atoms with Crippen LogP contribution < -0.4 is 5.32 Å². The molecule has 0 aliphatic carbocycles. The summed E-state index contributed by atoms with van der Waals surface area (Å²) in [4.78, 5) is 12.7. The summed E-state index contributed by atoms with van der Waals surface area (Å²) in [5.41, 5.74) is 1.31. The van der Waals surface area contributed by atoms with Crippen molar-refractivity contribution in [2.75, 3.05) is 5.32 Å². The van der Waals surface area contributed by atoms with Crippen LogP contribution in [0.2, 0.25) is 5.02 Å². The Morgan fingerprint density at radius 3 is 2.18 bits per heavy atom. The molecule has 0 radical (unpaired) electrons. The molecule has 0 saturated carbocycles. The fourth-order valence-electron chi connectivity index (χ4n) is 1.35. The van der Waals surface area contributed by atoms with Gasteiger partial charge in [-0.1, -0.05) is 11.6 Å². The lowest BCUT2D eigenvalue weighted by atomic mass is 10.2. The molecule has 2 aromatic rings. The molecule has 4 heteroatoms. The quantitative estimate of drug-likeness (QED) is 0.791. The summed E-state index contributed by atoms with van der Waals surface area (Å²) in [6.45, 7) is 0. The van der Waals surface area contributed by atoms with E-state index in [0.29, 0.717) is 16.3 Å². The van der Waals surface area contributed by atoms with E-state index in [1.807, 2.05) is 0 Å². The molecule has 17 heavy (non-hydrogen) atoms. The van der Waals surface area contributed by atoms with Gasteiger partial charge in [0.05, 0.1) is 0 Å². The molecule has 0 spiro atoms. The van der Waals surface area contributed by atoms with Gasteiger partial charge in [-0.25, -0.2) is 0 Å². The third-order valence-corrected chi connectivity index (χ3v) is 2.78. The highest BCUT2D eigenvalue weighted by atomic mass is 35.5. The van der Waals surface area contributed by atoms with Crippen molar-refractivity contribution >= 4 is 35.8 Å². The first-order valence-corrected chi connectivity index (χ1v) is 5.83. The molecule has 2 rings (SSSR count). The Balaban J connectivity index is 2.11. The van der Waals surface area contributed by atoms with Crippen LogP contribution in [0, 0.1) is 0 Å². The first kappa shape index (κ1) is 12.0. The summed E-state index contributed by atoms with van der Waals surface area (Å²) in [6.07, 6.45) is 0. The lowest BCUT2D eigenvalue weighted by Crippen LogP contribution is -2.11. The summed E-state index contributed by atoms with van der Waals surface area (Å²) in [5, 5.41) is 3.42. The maximum absolute atomic E-state index is 11.8. The van der Waals surface area contributed by atoms with E-state index < -0.39 is 0 Å². The highest BCUT2D eigenvalue weighted by molar-refractivity contribution is 7.80. The molecule has 0 aliphatic heterocycles. The molecule has 0 saturated heterocycles. The summed E-state index contributed by atoms with van der Waals surface area (Å²) in [7, 11) is 0. The number of amides is 1. The lowest BCUT2D eigenvalue weighted by Gasteiger charge is -2.05. The molecule has 0 unspecified atom stereocenters. The van der Waals surface area contributed by atoms with Crippen LogP contribution in [0.1, 0.15) is 10.4 Å². The Hall–Kier alpha value is -1.45. The molecule has 0 fully saturated rings. The zero-order valence-corrected chi connectivity index (χ0v) is 10.5. The molecule has 0 heterocycles. The van der Waals surface area contributed by atoms with Crippen molar-refractivity contribution in [2.24, 2.45) is 0 Å². The molecule has 1 N–H and O–H groups in total. The average molecular weight is 264 g/mol. The largest absolute Gasteiger partial charge is 0.322 e. The molecule has 2 nitrogen and oxygen atoms in total.